The van der Waals surface area contributed by atoms with Crippen LogP contribution in [-0.4, -0.2) is 34.8 Å². The first-order valence-corrected chi connectivity index (χ1v) is 9.09. The second-order valence-corrected chi connectivity index (χ2v) is 7.00. The molecule has 2 N–H and O–H groups in total. The molecule has 0 aliphatic carbocycles. The average molecular weight is 381 g/mol. The van der Waals surface area contributed by atoms with Crippen molar-refractivity contribution in [2.24, 2.45) is 0 Å². The third kappa shape index (κ3) is 4.14. The quantitative estimate of drug-likeness (QED) is 0.750. The van der Waals surface area contributed by atoms with Gasteiger partial charge in [0.05, 0.1) is 0 Å². The van der Waals surface area contributed by atoms with Gasteiger partial charge in [0, 0.05) is 5.69 Å². The molecule has 7 heteroatoms. The van der Waals surface area contributed by atoms with Gasteiger partial charge in [-0.1, -0.05) is 19.1 Å². The van der Waals surface area contributed by atoms with Gasteiger partial charge in [0.15, 0.2) is 0 Å². The predicted molar refractivity (Wildman–Crippen MR) is 105 cm³/mol. The molecule has 0 spiro atoms. The molecule has 2 aromatic carbocycles. The Kier molecular flexibility index (Phi) is 5.35. The number of nitrogens with one attached hydrogen (secondary N) is 2. The Bertz CT molecular complexity index is 910. The molecule has 1 heterocycles. The second kappa shape index (κ2) is 7.72. The number of rotatable bonds is 6. The maximum absolute atomic E-state index is 12.3. The number of hydrogen-bond acceptors (Lipinski definition) is 4. The van der Waals surface area contributed by atoms with Crippen LogP contribution >= 0.6 is 0 Å². The topological polar surface area (TPSA) is 87.7 Å². The Morgan fingerprint density at radius 3 is 2.46 bits per heavy atom. The highest BCUT2D eigenvalue weighted by Crippen LogP contribution is 2.24. The number of imide groups is 1. The molecule has 1 saturated heterocycles. The molecule has 3 rings (SSSR count). The summed E-state index contributed by atoms with van der Waals surface area (Å²) in [7, 11) is 0. The summed E-state index contributed by atoms with van der Waals surface area (Å²) in [5.41, 5.74) is 0.694. The number of carbonyl (C=O) groups excluding carboxylic acids is 3. The van der Waals surface area contributed by atoms with E-state index in [1.54, 1.807) is 31.2 Å². The van der Waals surface area contributed by atoms with Gasteiger partial charge in [-0.25, -0.2) is 4.79 Å². The molecule has 0 aromatic heterocycles. The lowest BCUT2D eigenvalue weighted by Crippen LogP contribution is -2.44. The monoisotopic (exact) mass is 381 g/mol. The van der Waals surface area contributed by atoms with Gasteiger partial charge in [0.2, 0.25) is 5.91 Å². The Balaban J connectivity index is 1.59. The van der Waals surface area contributed by atoms with Gasteiger partial charge in [0.1, 0.15) is 23.6 Å². The lowest BCUT2D eigenvalue weighted by molar-refractivity contribution is -0.133. The molecular formula is C21H23N3O4. The minimum atomic E-state index is -0.952. The van der Waals surface area contributed by atoms with Crippen LogP contribution in [0.5, 0.6) is 11.5 Å². The van der Waals surface area contributed by atoms with Gasteiger partial charge in [-0.3, -0.25) is 14.5 Å². The molecule has 0 unspecified atom stereocenters. The van der Waals surface area contributed by atoms with Crippen molar-refractivity contribution < 1.29 is 19.1 Å². The summed E-state index contributed by atoms with van der Waals surface area (Å²) in [6, 6.07) is 14.0. The van der Waals surface area contributed by atoms with Crippen molar-refractivity contribution >= 4 is 23.5 Å². The van der Waals surface area contributed by atoms with E-state index in [1.807, 2.05) is 38.1 Å². The van der Waals surface area contributed by atoms with E-state index in [-0.39, 0.29) is 6.54 Å². The van der Waals surface area contributed by atoms with Crippen LogP contribution in [-0.2, 0) is 9.59 Å². The summed E-state index contributed by atoms with van der Waals surface area (Å²) in [6.45, 7) is 5.11. The van der Waals surface area contributed by atoms with E-state index >= 15 is 0 Å². The van der Waals surface area contributed by atoms with Crippen LogP contribution in [0.2, 0.25) is 0 Å². The Morgan fingerprint density at radius 1 is 1.14 bits per heavy atom. The van der Waals surface area contributed by atoms with Crippen molar-refractivity contribution in [1.29, 1.82) is 0 Å². The molecule has 1 fully saturated rings. The van der Waals surface area contributed by atoms with Crippen LogP contribution in [0.3, 0.4) is 0 Å². The van der Waals surface area contributed by atoms with Gasteiger partial charge >= 0.3 is 6.03 Å². The van der Waals surface area contributed by atoms with Crippen molar-refractivity contribution in [3.05, 3.63) is 54.1 Å². The lowest BCUT2D eigenvalue weighted by Gasteiger charge is -2.19. The van der Waals surface area contributed by atoms with Crippen LogP contribution in [0.4, 0.5) is 10.5 Å². The van der Waals surface area contributed by atoms with Crippen LogP contribution in [0.1, 0.15) is 25.8 Å². The molecule has 0 saturated carbocycles. The maximum atomic E-state index is 12.3. The highest BCUT2D eigenvalue weighted by molar-refractivity contribution is 6.09. The molecular weight excluding hydrogens is 358 g/mol. The number of aryl methyl sites for hydroxylation is 1. The molecule has 0 radical (unpaired) electrons. The van der Waals surface area contributed by atoms with Crippen molar-refractivity contribution in [2.75, 3.05) is 11.9 Å². The number of anilines is 1. The number of carbonyl (C=O) groups is 3. The van der Waals surface area contributed by atoms with Gasteiger partial charge < -0.3 is 15.4 Å². The van der Waals surface area contributed by atoms with Gasteiger partial charge in [-0.15, -0.1) is 0 Å². The van der Waals surface area contributed by atoms with Gasteiger partial charge in [-0.05, 0) is 62.2 Å². The minimum Gasteiger partial charge on any atom is -0.457 e. The van der Waals surface area contributed by atoms with E-state index in [9.17, 15) is 14.4 Å². The lowest BCUT2D eigenvalue weighted by atomic mass is 9.99. The minimum absolute atomic E-state index is 0.332. The van der Waals surface area contributed by atoms with Crippen molar-refractivity contribution in [1.82, 2.24) is 10.2 Å². The van der Waals surface area contributed by atoms with E-state index in [4.69, 9.17) is 4.74 Å². The molecule has 28 heavy (non-hydrogen) atoms. The Labute approximate surface area is 163 Å². The van der Waals surface area contributed by atoms with Crippen LogP contribution < -0.4 is 15.4 Å². The Hall–Kier alpha value is -3.35. The Morgan fingerprint density at radius 2 is 1.86 bits per heavy atom. The van der Waals surface area contributed by atoms with Crippen molar-refractivity contribution in [2.45, 2.75) is 32.7 Å². The molecule has 1 aliphatic rings. The summed E-state index contributed by atoms with van der Waals surface area (Å²) >= 11 is 0. The van der Waals surface area contributed by atoms with E-state index in [0.717, 1.165) is 16.2 Å². The third-order valence-corrected chi connectivity index (χ3v) is 4.72. The summed E-state index contributed by atoms with van der Waals surface area (Å²) in [5.74, 6) is 0.527. The van der Waals surface area contributed by atoms with Crippen LogP contribution in [0, 0.1) is 6.92 Å². The average Bonchev–Trinajstić information content (AvgIpc) is 2.87. The number of amides is 4. The summed E-state index contributed by atoms with van der Waals surface area (Å²) in [4.78, 5) is 37.5. The first kappa shape index (κ1) is 19.4. The maximum Gasteiger partial charge on any atom is 0.325 e. The fourth-order valence-corrected chi connectivity index (χ4v) is 2.90. The highest BCUT2D eigenvalue weighted by atomic mass is 16.5. The number of ether oxygens (including phenoxy) is 1. The van der Waals surface area contributed by atoms with E-state index in [1.165, 1.54) is 0 Å². The normalized spacial score (nSPS) is 18.8. The number of nitrogens with zero attached hydrogens (tertiary/aromatic N) is 1. The molecule has 146 valence electrons. The van der Waals surface area contributed by atoms with Crippen LogP contribution in [0.25, 0.3) is 0 Å². The first-order chi connectivity index (χ1) is 13.3. The number of urea groups is 1. The van der Waals surface area contributed by atoms with Gasteiger partial charge in [-0.2, -0.15) is 0 Å². The number of hydrogen-bond donors (Lipinski definition) is 2. The van der Waals surface area contributed by atoms with E-state index < -0.39 is 23.4 Å². The molecule has 0 bridgehead atoms. The van der Waals surface area contributed by atoms with Gasteiger partial charge in [0.25, 0.3) is 5.91 Å². The van der Waals surface area contributed by atoms with E-state index in [2.05, 4.69) is 10.6 Å². The zero-order valence-corrected chi connectivity index (χ0v) is 16.1. The number of benzene rings is 2. The largest absolute Gasteiger partial charge is 0.457 e. The predicted octanol–water partition coefficient (Wildman–Crippen LogP) is 3.45. The fraction of sp³-hybridized carbons (Fsp3) is 0.286. The summed E-state index contributed by atoms with van der Waals surface area (Å²) < 4.78 is 5.77. The molecule has 1 aliphatic heterocycles. The van der Waals surface area contributed by atoms with Crippen molar-refractivity contribution in [3.8, 4) is 11.5 Å². The fourth-order valence-electron chi connectivity index (χ4n) is 2.90. The molecule has 1 atom stereocenters. The molecule has 7 nitrogen and oxygen atoms in total. The van der Waals surface area contributed by atoms with Crippen LogP contribution in [0.15, 0.2) is 48.5 Å². The second-order valence-electron chi connectivity index (χ2n) is 7.00. The zero-order chi connectivity index (χ0) is 20.3. The molecule has 4 amide bonds. The first-order valence-electron chi connectivity index (χ1n) is 9.09. The zero-order valence-electron chi connectivity index (χ0n) is 16.1. The summed E-state index contributed by atoms with van der Waals surface area (Å²) in [6.07, 6.45) is 0.456. The SMILES string of the molecule is CC[C@@]1(C)NC(=O)N(CC(=O)Nc2ccc(Oc3cccc(C)c3)cc2)C1=O. The molecule has 2 aromatic rings. The highest BCUT2D eigenvalue weighted by Gasteiger charge is 2.46. The van der Waals surface area contributed by atoms with Crippen molar-refractivity contribution in [3.63, 3.8) is 0 Å². The summed E-state index contributed by atoms with van der Waals surface area (Å²) in [5, 5.41) is 5.31. The van der Waals surface area contributed by atoms with E-state index in [0.29, 0.717) is 17.9 Å². The standard InChI is InChI=1S/C21H23N3O4/c1-4-21(3)19(26)24(20(27)23-21)13-18(25)22-15-8-10-16(11-9-15)28-17-7-5-6-14(2)12-17/h5-12H,4,13H2,1-3H3,(H,22,25)(H,23,27)/t21-/m1/s1. The smallest absolute Gasteiger partial charge is 0.325 e. The third-order valence-electron chi connectivity index (χ3n) is 4.72.